The van der Waals surface area contributed by atoms with Crippen LogP contribution in [0.5, 0.6) is 0 Å². The number of benzene rings is 3. The van der Waals surface area contributed by atoms with Crippen LogP contribution in [0, 0.1) is 5.82 Å². The Bertz CT molecular complexity index is 1570. The number of nitrogens with zero attached hydrogens (tertiary/aromatic N) is 4. The van der Waals surface area contributed by atoms with E-state index in [2.05, 4.69) is 27.4 Å². The largest absolute Gasteiger partial charge is 0.349 e. The van der Waals surface area contributed by atoms with E-state index in [0.717, 1.165) is 47.7 Å². The summed E-state index contributed by atoms with van der Waals surface area (Å²) in [5, 5.41) is 6.25. The van der Waals surface area contributed by atoms with Gasteiger partial charge in [0.2, 0.25) is 0 Å². The number of imidazole rings is 1. The molecule has 0 saturated carbocycles. The van der Waals surface area contributed by atoms with Crippen molar-refractivity contribution in [3.05, 3.63) is 108 Å². The van der Waals surface area contributed by atoms with Gasteiger partial charge < -0.3 is 19.9 Å². The van der Waals surface area contributed by atoms with Gasteiger partial charge in [0, 0.05) is 53.6 Å². The summed E-state index contributed by atoms with van der Waals surface area (Å²) in [6, 6.07) is 20.5. The lowest BCUT2D eigenvalue weighted by Crippen LogP contribution is -2.26. The average Bonchev–Trinajstić information content (AvgIpc) is 3.42. The van der Waals surface area contributed by atoms with Crippen LogP contribution in [0.1, 0.15) is 25.3 Å². The molecule has 2 heterocycles. The Labute approximate surface area is 231 Å². The lowest BCUT2D eigenvalue weighted by Gasteiger charge is -2.25. The van der Waals surface area contributed by atoms with E-state index < -0.39 is 6.03 Å². The van der Waals surface area contributed by atoms with Crippen molar-refractivity contribution in [2.45, 2.75) is 26.3 Å². The van der Waals surface area contributed by atoms with Gasteiger partial charge >= 0.3 is 6.03 Å². The summed E-state index contributed by atoms with van der Waals surface area (Å²) in [7, 11) is 0. The van der Waals surface area contributed by atoms with Gasteiger partial charge in [0.15, 0.2) is 11.5 Å². The SMILES string of the molecule is CCCCN(Cc1ccc(Cl)cc1)c1nc(-c2cccc(NC(=O)Nc3ccc(F)cc3)c2)cn2ccnc12. The first-order valence-corrected chi connectivity index (χ1v) is 13.1. The molecule has 5 aromatic rings. The summed E-state index contributed by atoms with van der Waals surface area (Å²) in [6.45, 7) is 3.66. The van der Waals surface area contributed by atoms with Crippen molar-refractivity contribution in [2.24, 2.45) is 0 Å². The minimum Gasteiger partial charge on any atom is -0.349 e. The molecule has 0 bridgehead atoms. The van der Waals surface area contributed by atoms with Crippen molar-refractivity contribution in [3.8, 4) is 11.3 Å². The third kappa shape index (κ3) is 6.53. The van der Waals surface area contributed by atoms with Crippen molar-refractivity contribution < 1.29 is 9.18 Å². The van der Waals surface area contributed by atoms with Crippen LogP contribution in [-0.2, 0) is 6.54 Å². The number of aromatic nitrogens is 3. The number of carbonyl (C=O) groups is 1. The van der Waals surface area contributed by atoms with E-state index in [0.29, 0.717) is 22.9 Å². The molecule has 9 heteroatoms. The van der Waals surface area contributed by atoms with Gasteiger partial charge in [-0.15, -0.1) is 0 Å². The number of rotatable bonds is 9. The van der Waals surface area contributed by atoms with Gasteiger partial charge in [-0.1, -0.05) is 49.2 Å². The lowest BCUT2D eigenvalue weighted by atomic mass is 10.1. The third-order valence-electron chi connectivity index (χ3n) is 6.24. The number of fused-ring (bicyclic) bond motifs is 1. The quantitative estimate of drug-likeness (QED) is 0.201. The zero-order valence-electron chi connectivity index (χ0n) is 21.4. The average molecular weight is 543 g/mol. The number of nitrogens with one attached hydrogen (secondary N) is 2. The Morgan fingerprint density at radius 2 is 1.79 bits per heavy atom. The fourth-order valence-corrected chi connectivity index (χ4v) is 4.39. The van der Waals surface area contributed by atoms with Gasteiger partial charge in [-0.05, 0) is 60.5 Å². The number of hydrogen-bond donors (Lipinski definition) is 2. The van der Waals surface area contributed by atoms with Crippen molar-refractivity contribution in [1.29, 1.82) is 0 Å². The molecule has 0 aliphatic rings. The number of urea groups is 1. The van der Waals surface area contributed by atoms with Crippen LogP contribution in [-0.4, -0.2) is 26.9 Å². The van der Waals surface area contributed by atoms with Gasteiger partial charge in [0.25, 0.3) is 0 Å². The smallest absolute Gasteiger partial charge is 0.323 e. The van der Waals surface area contributed by atoms with Crippen LogP contribution in [0.25, 0.3) is 16.9 Å². The lowest BCUT2D eigenvalue weighted by molar-refractivity contribution is 0.262. The molecular formula is C30H28ClFN6O. The summed E-state index contributed by atoms with van der Waals surface area (Å²) in [5.74, 6) is 0.421. The zero-order valence-corrected chi connectivity index (χ0v) is 22.2. The van der Waals surface area contributed by atoms with Gasteiger partial charge in [0.1, 0.15) is 5.82 Å². The molecule has 198 valence electrons. The molecule has 2 aromatic heterocycles. The van der Waals surface area contributed by atoms with Crippen LogP contribution in [0.3, 0.4) is 0 Å². The van der Waals surface area contributed by atoms with E-state index >= 15 is 0 Å². The van der Waals surface area contributed by atoms with Gasteiger partial charge in [-0.25, -0.2) is 19.2 Å². The molecule has 3 aromatic carbocycles. The number of carbonyl (C=O) groups excluding carboxylic acids is 1. The highest BCUT2D eigenvalue weighted by molar-refractivity contribution is 6.30. The van der Waals surface area contributed by atoms with E-state index in [4.69, 9.17) is 16.6 Å². The fraction of sp³-hybridized carbons (Fsp3) is 0.167. The molecule has 5 rings (SSSR count). The highest BCUT2D eigenvalue weighted by Gasteiger charge is 2.17. The van der Waals surface area contributed by atoms with Crippen LogP contribution in [0.15, 0.2) is 91.4 Å². The molecule has 0 radical (unpaired) electrons. The molecule has 0 saturated heterocycles. The van der Waals surface area contributed by atoms with Crippen LogP contribution in [0.2, 0.25) is 5.02 Å². The number of amides is 2. The van der Waals surface area contributed by atoms with Crippen LogP contribution < -0.4 is 15.5 Å². The molecule has 2 N–H and O–H groups in total. The Morgan fingerprint density at radius 3 is 2.56 bits per heavy atom. The Balaban J connectivity index is 1.43. The maximum atomic E-state index is 13.2. The number of unbranched alkanes of at least 4 members (excludes halogenated alkanes) is 1. The monoisotopic (exact) mass is 542 g/mol. The second-order valence-electron chi connectivity index (χ2n) is 9.18. The summed E-state index contributed by atoms with van der Waals surface area (Å²) >= 11 is 6.11. The molecule has 0 aliphatic carbocycles. The Hall–Kier alpha value is -4.43. The highest BCUT2D eigenvalue weighted by atomic mass is 35.5. The van der Waals surface area contributed by atoms with Crippen molar-refractivity contribution >= 4 is 40.5 Å². The van der Waals surface area contributed by atoms with Gasteiger partial charge in [-0.2, -0.15) is 0 Å². The zero-order chi connectivity index (χ0) is 27.2. The predicted octanol–water partition coefficient (Wildman–Crippen LogP) is 7.64. The van der Waals surface area contributed by atoms with Gasteiger partial charge in [0.05, 0.1) is 5.69 Å². The second-order valence-corrected chi connectivity index (χ2v) is 9.61. The third-order valence-corrected chi connectivity index (χ3v) is 6.49. The maximum Gasteiger partial charge on any atom is 0.323 e. The van der Waals surface area contributed by atoms with Crippen LogP contribution in [0.4, 0.5) is 26.4 Å². The maximum absolute atomic E-state index is 13.2. The molecular weight excluding hydrogens is 515 g/mol. The second kappa shape index (κ2) is 12.0. The van der Waals surface area contributed by atoms with E-state index in [1.165, 1.54) is 24.3 Å². The molecule has 0 spiro atoms. The first-order valence-electron chi connectivity index (χ1n) is 12.8. The predicted molar refractivity (Wildman–Crippen MR) is 155 cm³/mol. The summed E-state index contributed by atoms with van der Waals surface area (Å²) in [4.78, 5) is 24.4. The van der Waals surface area contributed by atoms with Crippen molar-refractivity contribution in [1.82, 2.24) is 14.4 Å². The van der Waals surface area contributed by atoms with Crippen molar-refractivity contribution in [3.63, 3.8) is 0 Å². The number of hydrogen-bond acceptors (Lipinski definition) is 4. The first kappa shape index (κ1) is 26.2. The molecule has 7 nitrogen and oxygen atoms in total. The van der Waals surface area contributed by atoms with Crippen LogP contribution >= 0.6 is 11.6 Å². The minimum atomic E-state index is -0.425. The van der Waals surface area contributed by atoms with Crippen molar-refractivity contribution in [2.75, 3.05) is 22.1 Å². The molecule has 0 unspecified atom stereocenters. The molecule has 0 aliphatic heterocycles. The summed E-state index contributed by atoms with van der Waals surface area (Å²) in [6.07, 6.45) is 7.67. The van der Waals surface area contributed by atoms with E-state index in [1.54, 1.807) is 12.3 Å². The Morgan fingerprint density at radius 1 is 1.03 bits per heavy atom. The summed E-state index contributed by atoms with van der Waals surface area (Å²) < 4.78 is 15.1. The molecule has 39 heavy (non-hydrogen) atoms. The molecule has 0 atom stereocenters. The topological polar surface area (TPSA) is 74.6 Å². The number of halogens is 2. The van der Waals surface area contributed by atoms with E-state index in [1.807, 2.05) is 59.3 Å². The molecule has 2 amide bonds. The minimum absolute atomic E-state index is 0.364. The fourth-order valence-electron chi connectivity index (χ4n) is 4.27. The van der Waals surface area contributed by atoms with E-state index in [-0.39, 0.29) is 5.82 Å². The summed E-state index contributed by atoms with van der Waals surface area (Å²) in [5.41, 5.74) is 4.59. The van der Waals surface area contributed by atoms with Gasteiger partial charge in [-0.3, -0.25) is 0 Å². The Kier molecular flexibility index (Phi) is 8.03. The highest BCUT2D eigenvalue weighted by Crippen LogP contribution is 2.28. The van der Waals surface area contributed by atoms with E-state index in [9.17, 15) is 9.18 Å². The normalized spacial score (nSPS) is 10.9. The number of anilines is 3. The molecule has 0 fully saturated rings. The standard InChI is InChI=1S/C30H28ClFN6O/c1-2-3-16-37(19-21-7-9-23(31)10-8-21)29-28-33-15-17-38(28)20-27(36-29)22-5-4-6-26(18-22)35-30(39)34-25-13-11-24(32)12-14-25/h4-15,17-18,20H,2-3,16,19H2,1H3,(H2,34,35,39). The first-order chi connectivity index (χ1) is 19.0.